The number of aromatic nitrogens is 3. The molecule has 38 heavy (non-hydrogen) atoms. The van der Waals surface area contributed by atoms with Crippen LogP contribution in [0.3, 0.4) is 0 Å². The van der Waals surface area contributed by atoms with Gasteiger partial charge in [0.05, 0.1) is 22.8 Å². The lowest BCUT2D eigenvalue weighted by molar-refractivity contribution is 0.208. The van der Waals surface area contributed by atoms with Gasteiger partial charge in [-0.1, -0.05) is 32.9 Å². The van der Waals surface area contributed by atoms with Crippen LogP contribution in [0.2, 0.25) is 0 Å². The molecule has 1 aliphatic heterocycles. The van der Waals surface area contributed by atoms with Crippen molar-refractivity contribution < 1.29 is 18.3 Å². The third-order valence-corrected chi connectivity index (χ3v) is 9.19. The van der Waals surface area contributed by atoms with E-state index in [0.717, 1.165) is 29.7 Å². The Kier molecular flexibility index (Phi) is 8.74. The van der Waals surface area contributed by atoms with E-state index in [0.29, 0.717) is 68.1 Å². The molecule has 1 aromatic carbocycles. The normalized spacial score (nSPS) is 15.3. The molecule has 9 nitrogen and oxygen atoms in total. The van der Waals surface area contributed by atoms with Crippen LogP contribution in [0, 0.1) is 12.8 Å². The van der Waals surface area contributed by atoms with E-state index in [1.807, 2.05) is 13.8 Å². The van der Waals surface area contributed by atoms with Gasteiger partial charge in [-0.25, -0.2) is 12.9 Å². The number of hydrogen-bond donors (Lipinski definition) is 2. The Labute approximate surface area is 224 Å². The van der Waals surface area contributed by atoms with Crippen LogP contribution in [0.15, 0.2) is 34.5 Å². The fourth-order valence-electron chi connectivity index (χ4n) is 5.25. The molecule has 3 aromatic rings. The largest absolute Gasteiger partial charge is 0.493 e. The molecule has 10 heteroatoms. The molecule has 4 rings (SSSR count). The van der Waals surface area contributed by atoms with Crippen LogP contribution in [0.4, 0.5) is 0 Å². The summed E-state index contributed by atoms with van der Waals surface area (Å²) in [6.07, 6.45) is 6.22. The second-order valence-corrected chi connectivity index (χ2v) is 11.8. The molecule has 1 fully saturated rings. The average Bonchev–Trinajstić information content (AvgIpc) is 3.18. The molecule has 0 bridgehead atoms. The van der Waals surface area contributed by atoms with Crippen molar-refractivity contribution in [3.05, 3.63) is 52.0 Å². The number of aromatic amines is 1. The number of nitrogens with zero attached hydrogens (tertiary/aromatic N) is 3. The van der Waals surface area contributed by atoms with E-state index in [-0.39, 0.29) is 22.9 Å². The number of piperidine rings is 1. The number of H-pyrrole nitrogens is 1. The molecule has 206 valence electrons. The summed E-state index contributed by atoms with van der Waals surface area (Å²) in [5.74, 6) is 1.03. The topological polar surface area (TPSA) is 117 Å². The van der Waals surface area contributed by atoms with Gasteiger partial charge in [0.25, 0.3) is 5.56 Å². The monoisotopic (exact) mass is 542 g/mol. The minimum Gasteiger partial charge on any atom is -0.493 e. The Morgan fingerprint density at radius 2 is 1.97 bits per heavy atom. The Hall–Kier alpha value is -2.95. The fourth-order valence-corrected chi connectivity index (χ4v) is 6.75. The third kappa shape index (κ3) is 5.30. The number of benzene rings is 1. The predicted octanol–water partition coefficient (Wildman–Crippen LogP) is 4.17. The van der Waals surface area contributed by atoms with Crippen molar-refractivity contribution in [2.45, 2.75) is 64.2 Å². The highest BCUT2D eigenvalue weighted by atomic mass is 32.2. The molecule has 0 saturated carbocycles. The molecule has 1 saturated heterocycles. The molecule has 1 aliphatic rings. The molecule has 0 aliphatic carbocycles. The first-order valence-electron chi connectivity index (χ1n) is 13.4. The van der Waals surface area contributed by atoms with Crippen molar-refractivity contribution >= 4 is 21.6 Å². The van der Waals surface area contributed by atoms with E-state index in [1.165, 1.54) is 4.31 Å². The number of rotatable bonds is 11. The van der Waals surface area contributed by atoms with Crippen LogP contribution in [0.1, 0.15) is 62.8 Å². The SMILES string of the molecule is C=Cc1c(C)c2c(=O)[nH]c(-c3cc(S(=O)(=O)N4CCC(CCO)CC4)ccc3OCCC)nn2c1CCC. The summed E-state index contributed by atoms with van der Waals surface area (Å²) in [6, 6.07) is 4.75. The van der Waals surface area contributed by atoms with Crippen molar-refractivity contribution in [3.63, 3.8) is 0 Å². The molecular formula is C28H38N4O5S. The highest BCUT2D eigenvalue weighted by molar-refractivity contribution is 7.89. The maximum absolute atomic E-state index is 13.6. The van der Waals surface area contributed by atoms with Crippen molar-refractivity contribution in [1.29, 1.82) is 0 Å². The summed E-state index contributed by atoms with van der Waals surface area (Å²) >= 11 is 0. The van der Waals surface area contributed by atoms with Gasteiger partial charge in [-0.05, 0) is 68.7 Å². The molecule has 0 unspecified atom stereocenters. The van der Waals surface area contributed by atoms with E-state index >= 15 is 0 Å². The molecule has 0 amide bonds. The van der Waals surface area contributed by atoms with E-state index < -0.39 is 10.0 Å². The van der Waals surface area contributed by atoms with Gasteiger partial charge >= 0.3 is 0 Å². The highest BCUT2D eigenvalue weighted by Crippen LogP contribution is 2.33. The number of hydrogen-bond acceptors (Lipinski definition) is 6. The van der Waals surface area contributed by atoms with Gasteiger partial charge in [0.15, 0.2) is 5.82 Å². The zero-order valence-corrected chi connectivity index (χ0v) is 23.3. The molecule has 3 heterocycles. The van der Waals surface area contributed by atoms with Gasteiger partial charge < -0.3 is 14.8 Å². The summed E-state index contributed by atoms with van der Waals surface area (Å²) in [4.78, 5) is 16.3. The summed E-state index contributed by atoms with van der Waals surface area (Å²) in [5.41, 5.74) is 3.17. The van der Waals surface area contributed by atoms with E-state index in [4.69, 9.17) is 9.84 Å². The van der Waals surface area contributed by atoms with Crippen LogP contribution in [0.25, 0.3) is 23.0 Å². The Bertz CT molecular complexity index is 1470. The van der Waals surface area contributed by atoms with Gasteiger partial charge in [-0.2, -0.15) is 4.31 Å². The van der Waals surface area contributed by atoms with Gasteiger partial charge in [-0.3, -0.25) is 4.79 Å². The Balaban J connectivity index is 1.83. The molecule has 2 aromatic heterocycles. The number of aryl methyl sites for hydroxylation is 2. The second kappa shape index (κ2) is 11.8. The second-order valence-electron chi connectivity index (χ2n) is 9.87. The van der Waals surface area contributed by atoms with E-state index in [1.54, 1.807) is 28.8 Å². The number of sulfonamides is 1. The Morgan fingerprint density at radius 3 is 2.61 bits per heavy atom. The lowest BCUT2D eigenvalue weighted by atomic mass is 9.95. The summed E-state index contributed by atoms with van der Waals surface area (Å²) < 4.78 is 36.3. The summed E-state index contributed by atoms with van der Waals surface area (Å²) in [7, 11) is -3.77. The van der Waals surface area contributed by atoms with Gasteiger partial charge in [-0.15, -0.1) is 5.10 Å². The zero-order chi connectivity index (χ0) is 27.4. The quantitative estimate of drug-likeness (QED) is 0.376. The maximum atomic E-state index is 13.6. The lowest BCUT2D eigenvalue weighted by Gasteiger charge is -2.31. The first kappa shape index (κ1) is 28.1. The predicted molar refractivity (Wildman–Crippen MR) is 149 cm³/mol. The number of aliphatic hydroxyl groups excluding tert-OH is 1. The number of aliphatic hydroxyl groups is 1. The van der Waals surface area contributed by atoms with Gasteiger partial charge in [0.1, 0.15) is 11.3 Å². The number of nitrogens with one attached hydrogen (secondary N) is 1. The zero-order valence-electron chi connectivity index (χ0n) is 22.5. The Morgan fingerprint density at radius 1 is 1.24 bits per heavy atom. The van der Waals surface area contributed by atoms with E-state index in [9.17, 15) is 18.3 Å². The lowest BCUT2D eigenvalue weighted by Crippen LogP contribution is -2.38. The number of ether oxygens (including phenoxy) is 1. The van der Waals surface area contributed by atoms with Crippen LogP contribution >= 0.6 is 0 Å². The minimum absolute atomic E-state index is 0.116. The van der Waals surface area contributed by atoms with Crippen molar-refractivity contribution in [2.24, 2.45) is 5.92 Å². The molecule has 2 N–H and O–H groups in total. The third-order valence-electron chi connectivity index (χ3n) is 7.29. The molecule has 0 atom stereocenters. The van der Waals surface area contributed by atoms with Gasteiger partial charge in [0.2, 0.25) is 10.0 Å². The van der Waals surface area contributed by atoms with Gasteiger partial charge in [0, 0.05) is 25.3 Å². The van der Waals surface area contributed by atoms with E-state index in [2.05, 4.69) is 18.5 Å². The fraction of sp³-hybridized carbons (Fsp3) is 0.500. The van der Waals surface area contributed by atoms with Crippen molar-refractivity contribution in [1.82, 2.24) is 18.9 Å². The first-order valence-corrected chi connectivity index (χ1v) is 14.9. The summed E-state index contributed by atoms with van der Waals surface area (Å²) in [6.45, 7) is 11.2. The first-order chi connectivity index (χ1) is 18.3. The molecule has 0 radical (unpaired) electrons. The van der Waals surface area contributed by atoms with Crippen molar-refractivity contribution in [2.75, 3.05) is 26.3 Å². The molecular weight excluding hydrogens is 504 g/mol. The van der Waals surface area contributed by atoms with Crippen LogP contribution in [-0.2, 0) is 16.4 Å². The van der Waals surface area contributed by atoms with Crippen molar-refractivity contribution in [3.8, 4) is 17.1 Å². The van der Waals surface area contributed by atoms with Crippen LogP contribution in [-0.4, -0.2) is 58.7 Å². The smallest absolute Gasteiger partial charge is 0.275 e. The maximum Gasteiger partial charge on any atom is 0.275 e. The van der Waals surface area contributed by atoms with Crippen LogP contribution in [0.5, 0.6) is 5.75 Å². The average molecular weight is 543 g/mol. The summed E-state index contributed by atoms with van der Waals surface area (Å²) in [5, 5.41) is 14.0. The standard InChI is InChI=1S/C28H38N4O5S/c1-5-8-24-22(7-3)19(4)26-28(34)29-27(30-32(24)26)23-18-21(9-10-25(23)37-17-6-2)38(35,36)31-14-11-20(12-15-31)13-16-33/h7,9-10,18,20,33H,3,5-6,8,11-17H2,1-2,4H3,(H,29,30,34). The highest BCUT2D eigenvalue weighted by Gasteiger charge is 2.30. The number of fused-ring (bicyclic) bond motifs is 1. The van der Waals surface area contributed by atoms with Crippen LogP contribution < -0.4 is 10.3 Å². The minimum atomic E-state index is -3.77. The molecule has 0 spiro atoms.